The lowest BCUT2D eigenvalue weighted by atomic mass is 10.2. The molecule has 1 fully saturated rings. The Morgan fingerprint density at radius 3 is 2.71 bits per heavy atom. The Morgan fingerprint density at radius 2 is 2.08 bits per heavy atom. The minimum Gasteiger partial charge on any atom is -0.493 e. The normalized spacial score (nSPS) is 17.5. The summed E-state index contributed by atoms with van der Waals surface area (Å²) in [6.07, 6.45) is 0. The first-order valence-electron chi connectivity index (χ1n) is 7.41. The van der Waals surface area contributed by atoms with Gasteiger partial charge in [-0.15, -0.1) is 12.4 Å². The molecule has 9 heteroatoms. The van der Waals surface area contributed by atoms with E-state index in [9.17, 15) is 4.39 Å². The summed E-state index contributed by atoms with van der Waals surface area (Å²) in [4.78, 5) is 10.8. The Morgan fingerprint density at radius 1 is 1.33 bits per heavy atom. The number of benzene rings is 1. The van der Waals surface area contributed by atoms with Crippen molar-refractivity contribution in [3.8, 4) is 11.5 Å². The maximum Gasteiger partial charge on any atom is 0.228 e. The smallest absolute Gasteiger partial charge is 0.228 e. The van der Waals surface area contributed by atoms with Crippen molar-refractivity contribution in [2.75, 3.05) is 44.5 Å². The van der Waals surface area contributed by atoms with Crippen LogP contribution in [0, 0.1) is 5.82 Å². The highest BCUT2D eigenvalue weighted by atomic mass is 35.5. The topological polar surface area (TPSA) is 85.5 Å². The van der Waals surface area contributed by atoms with Crippen LogP contribution in [0.15, 0.2) is 6.07 Å². The standard InChI is InChI=1S/C15H20FN5O2.ClH/c1-8-7-18-4-5-21(8)15-19-12-9(14(17)20-15)6-10(22-2)13(23-3)11(12)16;/h6,8,18H,4-5,7H2,1-3H3,(H2,17,19,20);1H/t8-;/m0./s1. The van der Waals surface area contributed by atoms with Crippen molar-refractivity contribution >= 4 is 35.1 Å². The lowest BCUT2D eigenvalue weighted by molar-refractivity contribution is 0.339. The van der Waals surface area contributed by atoms with Crippen LogP contribution in [-0.2, 0) is 0 Å². The number of nitrogen functional groups attached to an aromatic ring is 1. The maximum absolute atomic E-state index is 14.8. The molecule has 0 radical (unpaired) electrons. The summed E-state index contributed by atoms with van der Waals surface area (Å²) in [6, 6.07) is 1.79. The van der Waals surface area contributed by atoms with Gasteiger partial charge in [0.05, 0.1) is 14.2 Å². The number of aromatic nitrogens is 2. The molecule has 1 aromatic carbocycles. The fourth-order valence-corrected chi connectivity index (χ4v) is 2.80. The monoisotopic (exact) mass is 357 g/mol. The maximum atomic E-state index is 14.8. The number of halogens is 2. The SMILES string of the molecule is COc1cc2c(N)nc(N3CCNC[C@@H]3C)nc2c(F)c1OC.Cl. The quantitative estimate of drug-likeness (QED) is 0.862. The van der Waals surface area contributed by atoms with Crippen LogP contribution >= 0.6 is 12.4 Å². The zero-order chi connectivity index (χ0) is 16.6. The van der Waals surface area contributed by atoms with Crippen molar-refractivity contribution in [2.24, 2.45) is 0 Å². The van der Waals surface area contributed by atoms with Crippen LogP contribution in [0.25, 0.3) is 10.9 Å². The van der Waals surface area contributed by atoms with Crippen LogP contribution in [-0.4, -0.2) is 49.9 Å². The van der Waals surface area contributed by atoms with Gasteiger partial charge in [-0.1, -0.05) is 0 Å². The Hall–Kier alpha value is -2.06. The van der Waals surface area contributed by atoms with E-state index < -0.39 is 5.82 Å². The van der Waals surface area contributed by atoms with Gasteiger partial charge in [0.25, 0.3) is 0 Å². The van der Waals surface area contributed by atoms with Gasteiger partial charge in [-0.3, -0.25) is 0 Å². The number of ether oxygens (including phenoxy) is 2. The van der Waals surface area contributed by atoms with Gasteiger partial charge in [-0.25, -0.2) is 9.37 Å². The summed E-state index contributed by atoms with van der Waals surface area (Å²) in [5.74, 6) is 0.319. The molecule has 1 atom stereocenters. The number of hydrogen-bond acceptors (Lipinski definition) is 7. The minimum atomic E-state index is -0.597. The first-order chi connectivity index (χ1) is 11.1. The van der Waals surface area contributed by atoms with Gasteiger partial charge in [-0.05, 0) is 13.0 Å². The number of anilines is 2. The molecule has 1 aliphatic heterocycles. The first kappa shape index (κ1) is 18.3. The fourth-order valence-electron chi connectivity index (χ4n) is 2.80. The van der Waals surface area contributed by atoms with E-state index >= 15 is 0 Å². The van der Waals surface area contributed by atoms with Crippen molar-refractivity contribution in [1.82, 2.24) is 15.3 Å². The molecule has 0 unspecified atom stereocenters. The van der Waals surface area contributed by atoms with E-state index in [-0.39, 0.29) is 41.3 Å². The molecular formula is C15H21ClFN5O2. The molecule has 2 heterocycles. The number of rotatable bonds is 3. The zero-order valence-electron chi connectivity index (χ0n) is 13.8. The average molecular weight is 358 g/mol. The van der Waals surface area contributed by atoms with Crippen LogP contribution in [0.2, 0.25) is 0 Å². The molecule has 0 saturated carbocycles. The van der Waals surface area contributed by atoms with Crippen LogP contribution in [0.4, 0.5) is 16.2 Å². The van der Waals surface area contributed by atoms with Crippen LogP contribution in [0.1, 0.15) is 6.92 Å². The average Bonchev–Trinajstić information content (AvgIpc) is 2.55. The highest BCUT2D eigenvalue weighted by Crippen LogP contribution is 2.37. The molecule has 0 aliphatic carbocycles. The van der Waals surface area contributed by atoms with E-state index in [2.05, 4.69) is 22.2 Å². The summed E-state index contributed by atoms with van der Waals surface area (Å²) < 4.78 is 25.0. The Bertz CT molecular complexity index is 746. The van der Waals surface area contributed by atoms with Crippen molar-refractivity contribution in [3.05, 3.63) is 11.9 Å². The van der Waals surface area contributed by atoms with Gasteiger partial charge in [0, 0.05) is 31.1 Å². The molecular weight excluding hydrogens is 337 g/mol. The highest BCUT2D eigenvalue weighted by molar-refractivity contribution is 5.92. The third-order valence-electron chi connectivity index (χ3n) is 4.05. The molecule has 1 aromatic heterocycles. The number of hydrogen-bond donors (Lipinski definition) is 2. The van der Waals surface area contributed by atoms with Gasteiger partial charge in [0.2, 0.25) is 5.95 Å². The molecule has 3 rings (SSSR count). The number of nitrogens with two attached hydrogens (primary N) is 1. The van der Waals surface area contributed by atoms with Crippen molar-refractivity contribution in [2.45, 2.75) is 13.0 Å². The molecule has 0 amide bonds. The molecule has 1 aliphatic rings. The van der Waals surface area contributed by atoms with E-state index in [0.717, 1.165) is 19.6 Å². The lowest BCUT2D eigenvalue weighted by Gasteiger charge is -2.34. The summed E-state index contributed by atoms with van der Waals surface area (Å²) in [5.41, 5.74) is 6.17. The molecule has 24 heavy (non-hydrogen) atoms. The predicted molar refractivity (Wildman–Crippen MR) is 93.9 cm³/mol. The molecule has 1 saturated heterocycles. The molecule has 0 bridgehead atoms. The number of fused-ring (bicyclic) bond motifs is 1. The van der Waals surface area contributed by atoms with E-state index in [1.807, 2.05) is 4.90 Å². The third-order valence-corrected chi connectivity index (χ3v) is 4.05. The van der Waals surface area contributed by atoms with Crippen LogP contribution in [0.5, 0.6) is 11.5 Å². The highest BCUT2D eigenvalue weighted by Gasteiger charge is 2.24. The summed E-state index contributed by atoms with van der Waals surface area (Å²) >= 11 is 0. The summed E-state index contributed by atoms with van der Waals surface area (Å²) in [7, 11) is 2.83. The van der Waals surface area contributed by atoms with E-state index in [4.69, 9.17) is 15.2 Å². The number of methoxy groups -OCH3 is 2. The van der Waals surface area contributed by atoms with E-state index in [1.165, 1.54) is 14.2 Å². The first-order valence-corrected chi connectivity index (χ1v) is 7.41. The Balaban J connectivity index is 0.00000208. The van der Waals surface area contributed by atoms with Gasteiger partial charge in [0.15, 0.2) is 17.3 Å². The fraction of sp³-hybridized carbons (Fsp3) is 0.467. The zero-order valence-corrected chi connectivity index (χ0v) is 14.6. The third kappa shape index (κ3) is 2.99. The van der Waals surface area contributed by atoms with E-state index in [1.54, 1.807) is 6.07 Å². The van der Waals surface area contributed by atoms with Crippen LogP contribution in [0.3, 0.4) is 0 Å². The molecule has 7 nitrogen and oxygen atoms in total. The van der Waals surface area contributed by atoms with Crippen molar-refractivity contribution in [1.29, 1.82) is 0 Å². The molecule has 3 N–H and O–H groups in total. The molecule has 132 valence electrons. The number of piperazine rings is 1. The van der Waals surface area contributed by atoms with Gasteiger partial charge in [0.1, 0.15) is 11.3 Å². The van der Waals surface area contributed by atoms with Crippen LogP contribution < -0.4 is 25.4 Å². The second-order valence-corrected chi connectivity index (χ2v) is 5.48. The molecule has 2 aromatic rings. The van der Waals surface area contributed by atoms with Crippen molar-refractivity contribution < 1.29 is 13.9 Å². The molecule has 0 spiro atoms. The predicted octanol–water partition coefficient (Wildman–Crippen LogP) is 1.59. The summed E-state index contributed by atoms with van der Waals surface area (Å²) in [6.45, 7) is 4.43. The van der Waals surface area contributed by atoms with E-state index in [0.29, 0.717) is 11.3 Å². The second kappa shape index (κ2) is 7.23. The summed E-state index contributed by atoms with van der Waals surface area (Å²) in [5, 5.41) is 3.70. The number of nitrogens with zero attached hydrogens (tertiary/aromatic N) is 3. The Labute approximate surface area is 145 Å². The lowest BCUT2D eigenvalue weighted by Crippen LogP contribution is -2.50. The Kier molecular flexibility index (Phi) is 5.51. The minimum absolute atomic E-state index is 0. The number of nitrogens with one attached hydrogen (secondary N) is 1. The van der Waals surface area contributed by atoms with Gasteiger partial charge < -0.3 is 25.4 Å². The largest absolute Gasteiger partial charge is 0.493 e. The van der Waals surface area contributed by atoms with Gasteiger partial charge in [-0.2, -0.15) is 4.98 Å². The van der Waals surface area contributed by atoms with Gasteiger partial charge >= 0.3 is 0 Å². The van der Waals surface area contributed by atoms with Crippen molar-refractivity contribution in [3.63, 3.8) is 0 Å². The second-order valence-electron chi connectivity index (χ2n) is 5.48.